The van der Waals surface area contributed by atoms with Crippen LogP contribution in [0.1, 0.15) is 18.5 Å². The van der Waals surface area contributed by atoms with Crippen LogP contribution in [0.15, 0.2) is 18.2 Å². The van der Waals surface area contributed by atoms with Gasteiger partial charge in [0.15, 0.2) is 0 Å². The first-order chi connectivity index (χ1) is 5.11. The number of benzene rings is 1. The lowest BCUT2D eigenvalue weighted by Crippen LogP contribution is -2.07. The third kappa shape index (κ3) is 2.43. The van der Waals surface area contributed by atoms with E-state index in [1.165, 1.54) is 0 Å². The molecular formula is C8H10ClF2N. The highest BCUT2D eigenvalue weighted by molar-refractivity contribution is 5.85. The fourth-order valence-electron chi connectivity index (χ4n) is 0.864. The molecule has 1 nitrogen and oxygen atoms in total. The average molecular weight is 194 g/mol. The minimum Gasteiger partial charge on any atom is -0.324 e. The molecule has 0 saturated heterocycles. The molecule has 0 bridgehead atoms. The van der Waals surface area contributed by atoms with Gasteiger partial charge in [-0.15, -0.1) is 12.4 Å². The summed E-state index contributed by atoms with van der Waals surface area (Å²) < 4.78 is 25.3. The van der Waals surface area contributed by atoms with E-state index in [0.717, 1.165) is 18.2 Å². The summed E-state index contributed by atoms with van der Waals surface area (Å²) in [5, 5.41) is 0. The van der Waals surface area contributed by atoms with E-state index in [-0.39, 0.29) is 18.0 Å². The minimum absolute atomic E-state index is 0. The van der Waals surface area contributed by atoms with Gasteiger partial charge in [0.1, 0.15) is 11.6 Å². The number of nitrogens with two attached hydrogens (primary N) is 1. The average Bonchev–Trinajstić information content (AvgIpc) is 1.94. The fourth-order valence-corrected chi connectivity index (χ4v) is 0.864. The van der Waals surface area contributed by atoms with E-state index in [2.05, 4.69) is 0 Å². The van der Waals surface area contributed by atoms with E-state index in [0.29, 0.717) is 0 Å². The standard InChI is InChI=1S/C8H9F2N.ClH/c1-5(11)7-4-6(9)2-3-8(7)10;/h2-5H,11H2,1H3;1H/t5-;/m1./s1. The van der Waals surface area contributed by atoms with Gasteiger partial charge in [-0.25, -0.2) is 8.78 Å². The van der Waals surface area contributed by atoms with Crippen molar-refractivity contribution in [2.75, 3.05) is 0 Å². The first-order valence-electron chi connectivity index (χ1n) is 3.32. The minimum atomic E-state index is -0.467. The van der Waals surface area contributed by atoms with Crippen molar-refractivity contribution in [3.8, 4) is 0 Å². The molecule has 1 aromatic carbocycles. The van der Waals surface area contributed by atoms with Crippen molar-refractivity contribution >= 4 is 12.4 Å². The molecule has 0 amide bonds. The largest absolute Gasteiger partial charge is 0.324 e. The third-order valence-electron chi connectivity index (χ3n) is 1.45. The second-order valence-corrected chi connectivity index (χ2v) is 2.45. The van der Waals surface area contributed by atoms with Gasteiger partial charge in [0.05, 0.1) is 0 Å². The van der Waals surface area contributed by atoms with Crippen molar-refractivity contribution in [3.05, 3.63) is 35.4 Å². The summed E-state index contributed by atoms with van der Waals surface area (Å²) in [7, 11) is 0. The summed E-state index contributed by atoms with van der Waals surface area (Å²) in [4.78, 5) is 0. The quantitative estimate of drug-likeness (QED) is 0.728. The Morgan fingerprint density at radius 1 is 1.33 bits per heavy atom. The number of hydrogen-bond acceptors (Lipinski definition) is 1. The van der Waals surface area contributed by atoms with Crippen molar-refractivity contribution in [3.63, 3.8) is 0 Å². The Balaban J connectivity index is 0.00000121. The number of halogens is 3. The molecule has 0 aliphatic heterocycles. The molecule has 0 spiro atoms. The van der Waals surface area contributed by atoms with Gasteiger partial charge in [-0.1, -0.05) is 0 Å². The molecule has 0 unspecified atom stereocenters. The lowest BCUT2D eigenvalue weighted by atomic mass is 10.1. The van der Waals surface area contributed by atoms with E-state index >= 15 is 0 Å². The molecule has 12 heavy (non-hydrogen) atoms. The molecular weight excluding hydrogens is 184 g/mol. The molecule has 0 saturated carbocycles. The maximum Gasteiger partial charge on any atom is 0.128 e. The maximum absolute atomic E-state index is 12.8. The molecule has 0 fully saturated rings. The maximum atomic E-state index is 12.8. The molecule has 1 rings (SSSR count). The Kier molecular flexibility index (Phi) is 4.13. The molecule has 1 atom stereocenters. The molecule has 2 N–H and O–H groups in total. The van der Waals surface area contributed by atoms with Crippen molar-refractivity contribution < 1.29 is 8.78 Å². The van der Waals surface area contributed by atoms with Crippen LogP contribution in [0.4, 0.5) is 8.78 Å². The smallest absolute Gasteiger partial charge is 0.128 e. The third-order valence-corrected chi connectivity index (χ3v) is 1.45. The summed E-state index contributed by atoms with van der Waals surface area (Å²) in [6.07, 6.45) is 0. The van der Waals surface area contributed by atoms with E-state index in [1.807, 2.05) is 0 Å². The Morgan fingerprint density at radius 2 is 1.92 bits per heavy atom. The molecule has 0 radical (unpaired) electrons. The van der Waals surface area contributed by atoms with E-state index in [9.17, 15) is 8.78 Å². The highest BCUT2D eigenvalue weighted by atomic mass is 35.5. The van der Waals surface area contributed by atoms with Crippen molar-refractivity contribution in [1.29, 1.82) is 0 Å². The predicted octanol–water partition coefficient (Wildman–Crippen LogP) is 2.41. The molecule has 0 heterocycles. The first kappa shape index (κ1) is 11.3. The van der Waals surface area contributed by atoms with Gasteiger partial charge >= 0.3 is 0 Å². The molecule has 68 valence electrons. The van der Waals surface area contributed by atoms with Crippen LogP contribution in [0.3, 0.4) is 0 Å². The fraction of sp³-hybridized carbons (Fsp3) is 0.250. The molecule has 0 aliphatic rings. The van der Waals surface area contributed by atoms with E-state index in [4.69, 9.17) is 5.73 Å². The van der Waals surface area contributed by atoms with Crippen LogP contribution >= 0.6 is 12.4 Å². The van der Waals surface area contributed by atoms with Gasteiger partial charge in [0.25, 0.3) is 0 Å². The SMILES string of the molecule is C[C@@H](N)c1cc(F)ccc1F.Cl. The van der Waals surface area contributed by atoms with Gasteiger partial charge in [-0.3, -0.25) is 0 Å². The summed E-state index contributed by atoms with van der Waals surface area (Å²) >= 11 is 0. The molecule has 4 heteroatoms. The first-order valence-corrected chi connectivity index (χ1v) is 3.32. The van der Waals surface area contributed by atoms with Crippen LogP contribution in [0.2, 0.25) is 0 Å². The van der Waals surface area contributed by atoms with Crippen LogP contribution in [-0.4, -0.2) is 0 Å². The topological polar surface area (TPSA) is 26.0 Å². The normalized spacial score (nSPS) is 12.0. The van der Waals surface area contributed by atoms with E-state index in [1.54, 1.807) is 6.92 Å². The molecule has 0 aromatic heterocycles. The summed E-state index contributed by atoms with van der Waals surface area (Å²) in [5.74, 6) is -0.917. The summed E-state index contributed by atoms with van der Waals surface area (Å²) in [5.41, 5.74) is 5.59. The predicted molar refractivity (Wildman–Crippen MR) is 46.2 cm³/mol. The van der Waals surface area contributed by atoms with Crippen LogP contribution in [-0.2, 0) is 0 Å². The van der Waals surface area contributed by atoms with Gasteiger partial charge in [-0.2, -0.15) is 0 Å². The van der Waals surface area contributed by atoms with Crippen LogP contribution in [0.5, 0.6) is 0 Å². The Hall–Kier alpha value is -0.670. The van der Waals surface area contributed by atoms with Gasteiger partial charge in [-0.05, 0) is 25.1 Å². The highest BCUT2D eigenvalue weighted by Crippen LogP contribution is 2.15. The molecule has 0 aliphatic carbocycles. The van der Waals surface area contributed by atoms with Crippen molar-refractivity contribution in [2.45, 2.75) is 13.0 Å². The van der Waals surface area contributed by atoms with Gasteiger partial charge in [0.2, 0.25) is 0 Å². The van der Waals surface area contributed by atoms with Crippen LogP contribution in [0.25, 0.3) is 0 Å². The summed E-state index contributed by atoms with van der Waals surface area (Å²) in [6.45, 7) is 1.61. The number of rotatable bonds is 1. The second kappa shape index (κ2) is 4.38. The lowest BCUT2D eigenvalue weighted by molar-refractivity contribution is 0.572. The molecule has 1 aromatic rings. The lowest BCUT2D eigenvalue weighted by Gasteiger charge is -2.05. The Morgan fingerprint density at radius 3 is 2.33 bits per heavy atom. The zero-order chi connectivity index (χ0) is 8.43. The zero-order valence-corrected chi connectivity index (χ0v) is 7.37. The van der Waals surface area contributed by atoms with Crippen LogP contribution < -0.4 is 5.73 Å². The highest BCUT2D eigenvalue weighted by Gasteiger charge is 2.06. The monoisotopic (exact) mass is 193 g/mol. The van der Waals surface area contributed by atoms with E-state index < -0.39 is 17.7 Å². The summed E-state index contributed by atoms with van der Waals surface area (Å²) in [6, 6.07) is 2.79. The van der Waals surface area contributed by atoms with Crippen molar-refractivity contribution in [1.82, 2.24) is 0 Å². The Labute approximate surface area is 76.0 Å². The van der Waals surface area contributed by atoms with Gasteiger partial charge in [0, 0.05) is 11.6 Å². The van der Waals surface area contributed by atoms with Crippen molar-refractivity contribution in [2.24, 2.45) is 5.73 Å². The van der Waals surface area contributed by atoms with Crippen LogP contribution in [0, 0.1) is 11.6 Å². The second-order valence-electron chi connectivity index (χ2n) is 2.45. The van der Waals surface area contributed by atoms with Gasteiger partial charge < -0.3 is 5.73 Å². The Bertz CT molecular complexity index is 263. The zero-order valence-electron chi connectivity index (χ0n) is 6.55. The number of hydrogen-bond donors (Lipinski definition) is 1.